The smallest absolute Gasteiger partial charge is 0.305 e. The van der Waals surface area contributed by atoms with Crippen molar-refractivity contribution in [3.63, 3.8) is 0 Å². The Hall–Kier alpha value is -3.46. The number of aliphatic carboxylic acids is 1. The lowest BCUT2D eigenvalue weighted by Crippen LogP contribution is -2.56. The number of amides is 3. The third-order valence-electron chi connectivity index (χ3n) is 5.64. The zero-order chi connectivity index (χ0) is 24.5. The van der Waals surface area contributed by atoms with Crippen LogP contribution in [0, 0.1) is 0 Å². The minimum absolute atomic E-state index is 0.121. The topological polar surface area (TPSA) is 156 Å². The molecule has 3 amide bonds. The summed E-state index contributed by atoms with van der Waals surface area (Å²) in [5.41, 5.74) is 12.3. The Balaban J connectivity index is 2.22. The van der Waals surface area contributed by atoms with Gasteiger partial charge < -0.3 is 26.8 Å². The average Bonchev–Trinajstić information content (AvgIpc) is 2.79. The quantitative estimate of drug-likeness (QED) is 0.376. The molecule has 0 aliphatic heterocycles. The summed E-state index contributed by atoms with van der Waals surface area (Å²) in [6.07, 6.45) is 1.49. The van der Waals surface area contributed by atoms with Crippen LogP contribution in [0.15, 0.2) is 42.5 Å². The Labute approximate surface area is 193 Å². The van der Waals surface area contributed by atoms with Crippen molar-refractivity contribution in [1.29, 1.82) is 0 Å². The number of fused-ring (bicyclic) bond motifs is 1. The molecule has 6 N–H and O–H groups in total. The van der Waals surface area contributed by atoms with Crippen LogP contribution in [0.1, 0.15) is 38.2 Å². The van der Waals surface area contributed by atoms with Crippen LogP contribution in [0.25, 0.3) is 10.8 Å². The highest BCUT2D eigenvalue weighted by molar-refractivity contribution is 5.95. The minimum Gasteiger partial charge on any atom is -0.481 e. The molecule has 2 aromatic carbocycles. The molecule has 3 atom stereocenters. The van der Waals surface area contributed by atoms with Gasteiger partial charge in [-0.05, 0) is 22.8 Å². The molecule has 0 aliphatic rings. The predicted octanol–water partition coefficient (Wildman–Crippen LogP) is 1.17. The van der Waals surface area contributed by atoms with Crippen molar-refractivity contribution in [1.82, 2.24) is 10.2 Å². The Morgan fingerprint density at radius 2 is 1.76 bits per heavy atom. The maximum Gasteiger partial charge on any atom is 0.305 e. The number of carboxylic acids is 1. The molecule has 33 heavy (non-hydrogen) atoms. The van der Waals surface area contributed by atoms with E-state index >= 15 is 0 Å². The molecule has 0 unspecified atom stereocenters. The first-order chi connectivity index (χ1) is 15.6. The van der Waals surface area contributed by atoms with Crippen molar-refractivity contribution in [3.8, 4) is 0 Å². The molecule has 9 nitrogen and oxygen atoms in total. The van der Waals surface area contributed by atoms with Crippen molar-refractivity contribution in [2.45, 2.75) is 57.2 Å². The van der Waals surface area contributed by atoms with E-state index in [1.165, 1.54) is 7.05 Å². The van der Waals surface area contributed by atoms with Crippen LogP contribution in [-0.2, 0) is 25.6 Å². The van der Waals surface area contributed by atoms with E-state index in [0.29, 0.717) is 6.42 Å². The van der Waals surface area contributed by atoms with Crippen LogP contribution in [0.4, 0.5) is 0 Å². The van der Waals surface area contributed by atoms with Gasteiger partial charge in [-0.25, -0.2) is 0 Å². The van der Waals surface area contributed by atoms with Crippen molar-refractivity contribution in [2.75, 3.05) is 7.05 Å². The lowest BCUT2D eigenvalue weighted by Gasteiger charge is -2.29. The van der Waals surface area contributed by atoms with Crippen molar-refractivity contribution in [2.24, 2.45) is 11.5 Å². The molecule has 0 saturated heterocycles. The third kappa shape index (κ3) is 7.01. The van der Waals surface area contributed by atoms with E-state index in [-0.39, 0.29) is 6.42 Å². The number of carboxylic acid groups (broad SMARTS) is 1. The molecule has 2 aromatic rings. The van der Waals surface area contributed by atoms with Gasteiger partial charge in [-0.1, -0.05) is 62.2 Å². The van der Waals surface area contributed by atoms with E-state index in [9.17, 15) is 24.3 Å². The van der Waals surface area contributed by atoms with Crippen LogP contribution in [-0.4, -0.2) is 58.9 Å². The summed E-state index contributed by atoms with van der Waals surface area (Å²) >= 11 is 0. The number of primary amides is 1. The zero-order valence-electron chi connectivity index (χ0n) is 19.0. The molecular weight excluding hydrogens is 424 g/mol. The first kappa shape index (κ1) is 25.8. The number of rotatable bonds is 12. The number of hydrogen-bond donors (Lipinski definition) is 4. The summed E-state index contributed by atoms with van der Waals surface area (Å²) in [5.74, 6) is -3.34. The molecular formula is C24H32N4O5. The number of carbonyl (C=O) groups excluding carboxylic acids is 3. The number of nitrogens with two attached hydrogens (primary N) is 2. The Bertz CT molecular complexity index is 1000. The SMILES string of the molecule is CCCC[C@H](N)C(=O)N(C)[C@H](CC(=O)O)C(=O)N[C@@H](Cc1cccc2ccccc12)C(N)=O. The zero-order valence-corrected chi connectivity index (χ0v) is 19.0. The second kappa shape index (κ2) is 12.0. The number of likely N-dealkylation sites (N-methyl/N-ethyl adjacent to an activating group) is 1. The summed E-state index contributed by atoms with van der Waals surface area (Å²) in [6.45, 7) is 1.96. The van der Waals surface area contributed by atoms with E-state index in [4.69, 9.17) is 11.5 Å². The number of benzene rings is 2. The number of nitrogens with one attached hydrogen (secondary N) is 1. The van der Waals surface area contributed by atoms with Crippen LogP contribution >= 0.6 is 0 Å². The highest BCUT2D eigenvalue weighted by atomic mass is 16.4. The summed E-state index contributed by atoms with van der Waals surface area (Å²) in [6, 6.07) is 9.95. The Kier molecular flexibility index (Phi) is 9.35. The fraction of sp³-hybridized carbons (Fsp3) is 0.417. The van der Waals surface area contributed by atoms with E-state index in [0.717, 1.165) is 34.1 Å². The normalized spacial score (nSPS) is 13.7. The highest BCUT2D eigenvalue weighted by Gasteiger charge is 2.33. The maximum absolute atomic E-state index is 13.0. The lowest BCUT2D eigenvalue weighted by molar-refractivity contribution is -0.146. The summed E-state index contributed by atoms with van der Waals surface area (Å²) < 4.78 is 0. The molecule has 9 heteroatoms. The second-order valence-corrected chi connectivity index (χ2v) is 8.12. The first-order valence-corrected chi connectivity index (χ1v) is 11.0. The van der Waals surface area contributed by atoms with Gasteiger partial charge >= 0.3 is 5.97 Å². The first-order valence-electron chi connectivity index (χ1n) is 11.0. The molecule has 0 aromatic heterocycles. The molecule has 0 bridgehead atoms. The largest absolute Gasteiger partial charge is 0.481 e. The Morgan fingerprint density at radius 3 is 2.39 bits per heavy atom. The van der Waals surface area contributed by atoms with Crippen molar-refractivity contribution in [3.05, 3.63) is 48.0 Å². The Morgan fingerprint density at radius 1 is 1.09 bits per heavy atom. The number of unbranched alkanes of at least 4 members (excludes halogenated alkanes) is 1. The molecule has 178 valence electrons. The molecule has 0 saturated carbocycles. The second-order valence-electron chi connectivity index (χ2n) is 8.12. The fourth-order valence-corrected chi connectivity index (χ4v) is 3.71. The van der Waals surface area contributed by atoms with Crippen LogP contribution in [0.2, 0.25) is 0 Å². The predicted molar refractivity (Wildman–Crippen MR) is 125 cm³/mol. The van der Waals surface area contributed by atoms with Crippen molar-refractivity contribution >= 4 is 34.5 Å². The molecule has 0 fully saturated rings. The minimum atomic E-state index is -1.34. The number of nitrogens with zero attached hydrogens (tertiary/aromatic N) is 1. The van der Waals surface area contributed by atoms with Gasteiger partial charge in [0.05, 0.1) is 12.5 Å². The van der Waals surface area contributed by atoms with Crippen molar-refractivity contribution < 1.29 is 24.3 Å². The molecule has 0 radical (unpaired) electrons. The van der Waals surface area contributed by atoms with E-state index in [1.54, 1.807) is 0 Å². The monoisotopic (exact) mass is 456 g/mol. The molecule has 0 spiro atoms. The lowest BCUT2D eigenvalue weighted by atomic mass is 9.98. The van der Waals surface area contributed by atoms with Crippen LogP contribution in [0.3, 0.4) is 0 Å². The van der Waals surface area contributed by atoms with Gasteiger partial charge in [-0.2, -0.15) is 0 Å². The molecule has 2 rings (SSSR count). The number of carbonyl (C=O) groups is 4. The highest BCUT2D eigenvalue weighted by Crippen LogP contribution is 2.20. The van der Waals surface area contributed by atoms with E-state index in [1.807, 2.05) is 49.4 Å². The standard InChI is InChI=1S/C24H32N4O5/c1-3-4-12-18(25)24(33)28(2)20(14-21(29)30)23(32)27-19(22(26)31)13-16-10-7-9-15-8-5-6-11-17(15)16/h5-11,18-20H,3-4,12-14,25H2,1-2H3,(H2,26,31)(H,27,32)(H,29,30)/t18-,19-,20+/m0/s1. The van der Waals surface area contributed by atoms with Gasteiger partial charge in [0.1, 0.15) is 12.1 Å². The molecule has 0 aliphatic carbocycles. The van der Waals surface area contributed by atoms with Crippen LogP contribution < -0.4 is 16.8 Å². The van der Waals surface area contributed by atoms with E-state index < -0.39 is 48.2 Å². The van der Waals surface area contributed by atoms with Gasteiger partial charge in [-0.15, -0.1) is 0 Å². The number of hydrogen-bond acceptors (Lipinski definition) is 5. The summed E-state index contributed by atoms with van der Waals surface area (Å²) in [7, 11) is 1.34. The van der Waals surface area contributed by atoms with Gasteiger partial charge in [0.15, 0.2) is 0 Å². The van der Waals surface area contributed by atoms with Gasteiger partial charge in [-0.3, -0.25) is 19.2 Å². The summed E-state index contributed by atoms with van der Waals surface area (Å²) in [4.78, 5) is 50.3. The molecule has 0 heterocycles. The third-order valence-corrected chi connectivity index (χ3v) is 5.64. The maximum atomic E-state index is 13.0. The van der Waals surface area contributed by atoms with E-state index in [2.05, 4.69) is 5.32 Å². The van der Waals surface area contributed by atoms with Gasteiger partial charge in [0, 0.05) is 13.5 Å². The fourth-order valence-electron chi connectivity index (χ4n) is 3.71. The average molecular weight is 457 g/mol. The summed E-state index contributed by atoms with van der Waals surface area (Å²) in [5, 5.41) is 13.7. The van der Waals surface area contributed by atoms with Gasteiger partial charge in [0.25, 0.3) is 0 Å². The van der Waals surface area contributed by atoms with Gasteiger partial charge in [0.2, 0.25) is 17.7 Å². The van der Waals surface area contributed by atoms with Crippen LogP contribution in [0.5, 0.6) is 0 Å².